The lowest BCUT2D eigenvalue weighted by Gasteiger charge is -2.11. The van der Waals surface area contributed by atoms with Crippen molar-refractivity contribution in [3.63, 3.8) is 0 Å². The molecule has 0 unspecified atom stereocenters. The van der Waals surface area contributed by atoms with E-state index in [1.54, 1.807) is 0 Å². The van der Waals surface area contributed by atoms with Gasteiger partial charge in [0.25, 0.3) is 11.5 Å². The predicted molar refractivity (Wildman–Crippen MR) is 64.1 cm³/mol. The first kappa shape index (κ1) is 12.1. The molecule has 1 aromatic carbocycles. The van der Waals surface area contributed by atoms with Gasteiger partial charge in [-0.1, -0.05) is 0 Å². The Hall–Kier alpha value is -2.37. The molecule has 18 heavy (non-hydrogen) atoms. The number of hydrogen-bond donors (Lipinski definition) is 1. The maximum absolute atomic E-state index is 13.1. The summed E-state index contributed by atoms with van der Waals surface area (Å²) in [5.41, 5.74) is -0.489. The first-order valence-electron chi connectivity index (χ1n) is 5.20. The van der Waals surface area contributed by atoms with Crippen LogP contribution in [0.4, 0.5) is 4.39 Å². The summed E-state index contributed by atoms with van der Waals surface area (Å²) in [6.07, 6.45) is 0. The predicted octanol–water partition coefficient (Wildman–Crippen LogP) is 0.559. The van der Waals surface area contributed by atoms with Crippen molar-refractivity contribution in [3.05, 3.63) is 46.1 Å². The van der Waals surface area contributed by atoms with Gasteiger partial charge in [0, 0.05) is 7.05 Å². The molecule has 5 nitrogen and oxygen atoms in total. The van der Waals surface area contributed by atoms with Crippen LogP contribution >= 0.6 is 0 Å². The van der Waals surface area contributed by atoms with Gasteiger partial charge in [-0.15, -0.1) is 4.73 Å². The Morgan fingerprint density at radius 1 is 1.39 bits per heavy atom. The minimum absolute atomic E-state index is 0.0168. The van der Waals surface area contributed by atoms with Crippen molar-refractivity contribution in [2.24, 2.45) is 0 Å². The van der Waals surface area contributed by atoms with Crippen LogP contribution in [0.15, 0.2) is 29.1 Å². The molecule has 0 radical (unpaired) electrons. The quantitative estimate of drug-likeness (QED) is 0.847. The molecule has 0 fully saturated rings. The summed E-state index contributed by atoms with van der Waals surface area (Å²) in [5.74, 6) is -0.958. The molecule has 1 N–H and O–H groups in total. The van der Waals surface area contributed by atoms with Gasteiger partial charge in [0.1, 0.15) is 18.6 Å². The molecule has 0 bridgehead atoms. The maximum Gasteiger partial charge on any atom is 0.291 e. The molecule has 0 aliphatic rings. The molecule has 0 aliphatic carbocycles. The highest BCUT2D eigenvalue weighted by molar-refractivity contribution is 5.96. The Morgan fingerprint density at radius 3 is 2.72 bits per heavy atom. The average Bonchev–Trinajstić information content (AvgIpc) is 2.37. The van der Waals surface area contributed by atoms with E-state index in [4.69, 9.17) is 4.84 Å². The number of amides is 1. The lowest BCUT2D eigenvalue weighted by atomic mass is 10.1. The van der Waals surface area contributed by atoms with Gasteiger partial charge in [0.2, 0.25) is 0 Å². The summed E-state index contributed by atoms with van der Waals surface area (Å²) in [6.45, 7) is 0. The number of pyridine rings is 1. The van der Waals surface area contributed by atoms with Crippen LogP contribution in [0.2, 0.25) is 0 Å². The molecular weight excluding hydrogens is 239 g/mol. The number of rotatable bonds is 2. The first-order valence-corrected chi connectivity index (χ1v) is 5.20. The fourth-order valence-electron chi connectivity index (χ4n) is 1.74. The molecule has 6 heteroatoms. The second-order valence-electron chi connectivity index (χ2n) is 3.62. The van der Waals surface area contributed by atoms with Gasteiger partial charge in [-0.05, 0) is 29.7 Å². The summed E-state index contributed by atoms with van der Waals surface area (Å²) < 4.78 is 14.0. The summed E-state index contributed by atoms with van der Waals surface area (Å²) in [5, 5.41) is 3.03. The van der Waals surface area contributed by atoms with E-state index in [0.717, 1.165) is 4.73 Å². The molecule has 0 atom stereocenters. The Morgan fingerprint density at radius 2 is 2.11 bits per heavy atom. The van der Waals surface area contributed by atoms with Gasteiger partial charge >= 0.3 is 0 Å². The van der Waals surface area contributed by atoms with Crippen molar-refractivity contribution in [1.82, 2.24) is 10.0 Å². The first-order chi connectivity index (χ1) is 8.58. The van der Waals surface area contributed by atoms with E-state index >= 15 is 0 Å². The van der Waals surface area contributed by atoms with E-state index in [0.29, 0.717) is 5.39 Å². The van der Waals surface area contributed by atoms with Gasteiger partial charge in [-0.3, -0.25) is 9.59 Å². The van der Waals surface area contributed by atoms with Crippen molar-refractivity contribution in [2.45, 2.75) is 0 Å². The normalized spacial score (nSPS) is 10.4. The van der Waals surface area contributed by atoms with E-state index < -0.39 is 17.3 Å². The lowest BCUT2D eigenvalue weighted by molar-refractivity contribution is 0.0894. The number of benzene rings is 1. The number of halogens is 1. The topological polar surface area (TPSA) is 60.3 Å². The number of hydrogen-bond acceptors (Lipinski definition) is 3. The van der Waals surface area contributed by atoms with Gasteiger partial charge in [-0.2, -0.15) is 0 Å². The Bertz CT molecular complexity index is 679. The van der Waals surface area contributed by atoms with Gasteiger partial charge in [0.05, 0.1) is 5.39 Å². The van der Waals surface area contributed by atoms with Crippen molar-refractivity contribution in [3.8, 4) is 0 Å². The Labute approximate surface area is 102 Å². The SMILES string of the molecule is CNC(=O)c1cc2cc(F)ccc2c(=O)n1OC. The Balaban J connectivity index is 2.86. The third-order valence-corrected chi connectivity index (χ3v) is 2.58. The number of nitrogens with zero attached hydrogens (tertiary/aromatic N) is 1. The zero-order valence-corrected chi connectivity index (χ0v) is 9.86. The molecule has 0 spiro atoms. The monoisotopic (exact) mass is 250 g/mol. The van der Waals surface area contributed by atoms with E-state index in [1.807, 2.05) is 0 Å². The van der Waals surface area contributed by atoms with Crippen molar-refractivity contribution < 1.29 is 14.0 Å². The van der Waals surface area contributed by atoms with E-state index in [1.165, 1.54) is 38.4 Å². The van der Waals surface area contributed by atoms with Crippen molar-refractivity contribution >= 4 is 16.7 Å². The van der Waals surface area contributed by atoms with Crippen LogP contribution in [-0.4, -0.2) is 24.8 Å². The van der Waals surface area contributed by atoms with E-state index in [9.17, 15) is 14.0 Å². The molecule has 1 amide bonds. The standard InChI is InChI=1S/C12H11FN2O3/c1-14-11(16)10-6-7-5-8(13)3-4-9(7)12(17)15(10)18-2/h3-6H,1-2H3,(H,14,16). The highest BCUT2D eigenvalue weighted by Crippen LogP contribution is 2.13. The van der Waals surface area contributed by atoms with Crippen LogP contribution in [0, 0.1) is 5.82 Å². The fraction of sp³-hybridized carbons (Fsp3) is 0.167. The van der Waals surface area contributed by atoms with E-state index in [2.05, 4.69) is 5.32 Å². The second kappa shape index (κ2) is 4.48. The molecule has 1 heterocycles. The molecule has 0 saturated heterocycles. The number of nitrogens with one attached hydrogen (secondary N) is 1. The molecule has 1 aromatic heterocycles. The van der Waals surface area contributed by atoms with Gasteiger partial charge in [-0.25, -0.2) is 4.39 Å². The summed E-state index contributed by atoms with van der Waals surface area (Å²) in [7, 11) is 2.71. The second-order valence-corrected chi connectivity index (χ2v) is 3.62. The third-order valence-electron chi connectivity index (χ3n) is 2.58. The molecular formula is C12H11FN2O3. The smallest absolute Gasteiger partial charge is 0.291 e. The number of aromatic nitrogens is 1. The number of fused-ring (bicyclic) bond motifs is 1. The van der Waals surface area contributed by atoms with Crippen LogP contribution < -0.4 is 15.7 Å². The largest absolute Gasteiger partial charge is 0.413 e. The minimum Gasteiger partial charge on any atom is -0.413 e. The highest BCUT2D eigenvalue weighted by Gasteiger charge is 2.15. The number of carbonyl (C=O) groups excluding carboxylic acids is 1. The average molecular weight is 250 g/mol. The molecule has 0 saturated carbocycles. The maximum atomic E-state index is 13.1. The van der Waals surface area contributed by atoms with E-state index in [-0.39, 0.29) is 11.1 Å². The number of carbonyl (C=O) groups is 1. The molecule has 94 valence electrons. The van der Waals surface area contributed by atoms with Crippen molar-refractivity contribution in [2.75, 3.05) is 14.2 Å². The third kappa shape index (κ3) is 1.81. The van der Waals surface area contributed by atoms with Crippen LogP contribution in [0.3, 0.4) is 0 Å². The summed E-state index contributed by atoms with van der Waals surface area (Å²) in [4.78, 5) is 28.6. The molecule has 2 aromatic rings. The molecule has 0 aliphatic heterocycles. The lowest BCUT2D eigenvalue weighted by Crippen LogP contribution is -2.33. The zero-order valence-electron chi connectivity index (χ0n) is 9.86. The van der Waals surface area contributed by atoms with Gasteiger partial charge in [0.15, 0.2) is 0 Å². The van der Waals surface area contributed by atoms with Crippen LogP contribution in [0.25, 0.3) is 10.8 Å². The van der Waals surface area contributed by atoms with Crippen molar-refractivity contribution in [1.29, 1.82) is 0 Å². The zero-order chi connectivity index (χ0) is 13.3. The van der Waals surface area contributed by atoms with Crippen LogP contribution in [0.1, 0.15) is 10.5 Å². The molecule has 2 rings (SSSR count). The van der Waals surface area contributed by atoms with Crippen LogP contribution in [0.5, 0.6) is 0 Å². The Kier molecular flexibility index (Phi) is 3.01. The van der Waals surface area contributed by atoms with Crippen LogP contribution in [-0.2, 0) is 0 Å². The summed E-state index contributed by atoms with van der Waals surface area (Å²) >= 11 is 0. The highest BCUT2D eigenvalue weighted by atomic mass is 19.1. The minimum atomic E-state index is -0.506. The fourth-order valence-corrected chi connectivity index (χ4v) is 1.74. The van der Waals surface area contributed by atoms with Gasteiger partial charge < -0.3 is 10.2 Å². The summed E-state index contributed by atoms with van der Waals surface area (Å²) in [6, 6.07) is 5.14.